The second-order valence-corrected chi connectivity index (χ2v) is 5.53. The second-order valence-electron chi connectivity index (χ2n) is 5.53. The average molecular weight is 259 g/mol. The van der Waals surface area contributed by atoms with E-state index in [2.05, 4.69) is 14.9 Å². The number of rotatable bonds is 5. The highest BCUT2D eigenvalue weighted by atomic mass is 15.2. The van der Waals surface area contributed by atoms with Gasteiger partial charge in [-0.3, -0.25) is 5.41 Å². The molecule has 1 heterocycles. The van der Waals surface area contributed by atoms with Crippen molar-refractivity contribution in [1.29, 1.82) is 5.41 Å². The molecule has 102 valence electrons. The number of hydrogen-bond donors (Lipinski definition) is 2. The van der Waals surface area contributed by atoms with Crippen molar-refractivity contribution in [3.05, 3.63) is 17.6 Å². The fourth-order valence-electron chi connectivity index (χ4n) is 2.84. The van der Waals surface area contributed by atoms with E-state index in [-0.39, 0.29) is 5.84 Å². The average Bonchev–Trinajstić information content (AvgIpc) is 3.23. The molecule has 19 heavy (non-hydrogen) atoms. The molecule has 2 aliphatic rings. The van der Waals surface area contributed by atoms with Crippen LogP contribution in [0.2, 0.25) is 0 Å². The number of nitrogens with two attached hydrogens (primary N) is 1. The first-order chi connectivity index (χ1) is 9.25. The Balaban J connectivity index is 1.87. The molecule has 0 radical (unpaired) electrons. The van der Waals surface area contributed by atoms with Crippen LogP contribution >= 0.6 is 0 Å². The summed E-state index contributed by atoms with van der Waals surface area (Å²) in [6.07, 6.45) is 9.43. The van der Waals surface area contributed by atoms with Gasteiger partial charge >= 0.3 is 0 Å². The molecule has 3 rings (SSSR count). The number of amidine groups is 1. The Kier molecular flexibility index (Phi) is 3.36. The Labute approximate surface area is 113 Å². The van der Waals surface area contributed by atoms with Crippen molar-refractivity contribution in [3.8, 4) is 0 Å². The lowest BCUT2D eigenvalue weighted by Gasteiger charge is -2.28. The maximum Gasteiger partial charge on any atom is 0.135 e. The SMILES string of the molecule is N=C(N)CCN(c1ncnc2c1CCCC2)C1CC1. The van der Waals surface area contributed by atoms with Crippen LogP contribution < -0.4 is 10.6 Å². The standard InChI is InChI=1S/C14H21N5/c15-13(16)7-8-19(10-5-6-10)14-11-3-1-2-4-12(11)17-9-18-14/h9-10H,1-8H2,(H3,15,16). The lowest BCUT2D eigenvalue weighted by molar-refractivity contribution is 0.652. The van der Waals surface area contributed by atoms with E-state index in [0.717, 1.165) is 25.2 Å². The minimum atomic E-state index is 0.258. The van der Waals surface area contributed by atoms with Crippen molar-refractivity contribution in [2.45, 2.75) is 51.0 Å². The van der Waals surface area contributed by atoms with Gasteiger partial charge in [-0.15, -0.1) is 0 Å². The molecule has 0 aliphatic heterocycles. The first kappa shape index (κ1) is 12.4. The normalized spacial score (nSPS) is 17.9. The zero-order chi connectivity index (χ0) is 13.2. The first-order valence-electron chi connectivity index (χ1n) is 7.18. The summed E-state index contributed by atoms with van der Waals surface area (Å²) in [7, 11) is 0. The van der Waals surface area contributed by atoms with E-state index >= 15 is 0 Å². The lowest BCUT2D eigenvalue weighted by Crippen LogP contribution is -2.32. The third-order valence-corrected chi connectivity index (χ3v) is 3.98. The maximum atomic E-state index is 7.42. The highest BCUT2D eigenvalue weighted by Crippen LogP contribution is 2.35. The predicted octanol–water partition coefficient (Wildman–Crippen LogP) is 1.65. The largest absolute Gasteiger partial charge is 0.388 e. The van der Waals surface area contributed by atoms with Gasteiger partial charge in [-0.1, -0.05) is 0 Å². The molecule has 0 spiro atoms. The Morgan fingerprint density at radius 3 is 2.84 bits per heavy atom. The van der Waals surface area contributed by atoms with Crippen LogP contribution in [0.15, 0.2) is 6.33 Å². The number of anilines is 1. The van der Waals surface area contributed by atoms with Gasteiger partial charge in [-0.05, 0) is 38.5 Å². The molecule has 1 fully saturated rings. The Hall–Kier alpha value is -1.65. The topological polar surface area (TPSA) is 78.9 Å². The molecular formula is C14H21N5. The minimum absolute atomic E-state index is 0.258. The number of aromatic nitrogens is 2. The minimum Gasteiger partial charge on any atom is -0.388 e. The van der Waals surface area contributed by atoms with Gasteiger partial charge in [0, 0.05) is 30.3 Å². The number of hydrogen-bond acceptors (Lipinski definition) is 4. The molecule has 0 atom stereocenters. The van der Waals surface area contributed by atoms with Crippen LogP contribution in [0, 0.1) is 5.41 Å². The van der Waals surface area contributed by atoms with E-state index in [0.29, 0.717) is 12.5 Å². The van der Waals surface area contributed by atoms with Crippen molar-refractivity contribution < 1.29 is 0 Å². The van der Waals surface area contributed by atoms with Gasteiger partial charge < -0.3 is 10.6 Å². The summed E-state index contributed by atoms with van der Waals surface area (Å²) < 4.78 is 0. The molecule has 3 N–H and O–H groups in total. The van der Waals surface area contributed by atoms with Crippen LogP contribution in [0.25, 0.3) is 0 Å². The summed E-state index contributed by atoms with van der Waals surface area (Å²) in [5.74, 6) is 1.36. The quantitative estimate of drug-likeness (QED) is 0.622. The zero-order valence-electron chi connectivity index (χ0n) is 11.2. The van der Waals surface area contributed by atoms with E-state index in [1.807, 2.05) is 0 Å². The van der Waals surface area contributed by atoms with Crippen LogP contribution in [-0.4, -0.2) is 28.4 Å². The summed E-state index contributed by atoms with van der Waals surface area (Å²) in [5.41, 5.74) is 8.06. The summed E-state index contributed by atoms with van der Waals surface area (Å²) in [6, 6.07) is 0.597. The van der Waals surface area contributed by atoms with Crippen molar-refractivity contribution in [2.75, 3.05) is 11.4 Å². The van der Waals surface area contributed by atoms with Crippen LogP contribution in [0.1, 0.15) is 43.4 Å². The molecule has 0 amide bonds. The van der Waals surface area contributed by atoms with Crippen LogP contribution in [0.4, 0.5) is 5.82 Å². The molecule has 5 nitrogen and oxygen atoms in total. The fraction of sp³-hybridized carbons (Fsp3) is 0.643. The number of nitrogens with one attached hydrogen (secondary N) is 1. The number of aryl methyl sites for hydroxylation is 1. The summed E-state index contributed by atoms with van der Waals surface area (Å²) in [6.45, 7) is 0.809. The fourth-order valence-corrected chi connectivity index (χ4v) is 2.84. The van der Waals surface area contributed by atoms with Crippen molar-refractivity contribution in [1.82, 2.24) is 9.97 Å². The molecule has 0 unspecified atom stereocenters. The Morgan fingerprint density at radius 2 is 2.11 bits per heavy atom. The first-order valence-corrected chi connectivity index (χ1v) is 7.18. The van der Waals surface area contributed by atoms with Crippen molar-refractivity contribution in [2.24, 2.45) is 5.73 Å². The molecule has 1 aromatic heterocycles. The summed E-state index contributed by atoms with van der Waals surface area (Å²) in [4.78, 5) is 11.3. The monoisotopic (exact) mass is 259 g/mol. The van der Waals surface area contributed by atoms with Gasteiger partial charge in [-0.2, -0.15) is 0 Å². The number of nitrogens with zero attached hydrogens (tertiary/aromatic N) is 3. The lowest BCUT2D eigenvalue weighted by atomic mass is 9.96. The Bertz CT molecular complexity index is 481. The van der Waals surface area contributed by atoms with Crippen molar-refractivity contribution in [3.63, 3.8) is 0 Å². The third kappa shape index (κ3) is 2.69. The molecule has 0 bridgehead atoms. The molecule has 1 aromatic rings. The van der Waals surface area contributed by atoms with E-state index in [9.17, 15) is 0 Å². The van der Waals surface area contributed by atoms with E-state index in [4.69, 9.17) is 11.1 Å². The Morgan fingerprint density at radius 1 is 1.32 bits per heavy atom. The smallest absolute Gasteiger partial charge is 0.135 e. The van der Waals surface area contributed by atoms with E-state index < -0.39 is 0 Å². The molecular weight excluding hydrogens is 238 g/mol. The van der Waals surface area contributed by atoms with Crippen LogP contribution in [0.3, 0.4) is 0 Å². The van der Waals surface area contributed by atoms with E-state index in [1.165, 1.54) is 36.9 Å². The van der Waals surface area contributed by atoms with Gasteiger partial charge in [0.1, 0.15) is 12.1 Å². The van der Waals surface area contributed by atoms with Gasteiger partial charge in [0.15, 0.2) is 0 Å². The molecule has 5 heteroatoms. The summed E-state index contributed by atoms with van der Waals surface area (Å²) >= 11 is 0. The van der Waals surface area contributed by atoms with Gasteiger partial charge in [0.25, 0.3) is 0 Å². The highest BCUT2D eigenvalue weighted by Gasteiger charge is 2.32. The van der Waals surface area contributed by atoms with Crippen molar-refractivity contribution >= 4 is 11.7 Å². The second kappa shape index (κ2) is 5.15. The zero-order valence-corrected chi connectivity index (χ0v) is 11.2. The third-order valence-electron chi connectivity index (χ3n) is 3.98. The molecule has 1 saturated carbocycles. The molecule has 2 aliphatic carbocycles. The van der Waals surface area contributed by atoms with Gasteiger partial charge in [-0.25, -0.2) is 9.97 Å². The highest BCUT2D eigenvalue weighted by molar-refractivity contribution is 5.77. The predicted molar refractivity (Wildman–Crippen MR) is 75.6 cm³/mol. The molecule has 0 aromatic carbocycles. The van der Waals surface area contributed by atoms with E-state index in [1.54, 1.807) is 6.33 Å². The van der Waals surface area contributed by atoms with Gasteiger partial charge in [0.05, 0.1) is 5.84 Å². The molecule has 0 saturated heterocycles. The van der Waals surface area contributed by atoms with Crippen LogP contribution in [-0.2, 0) is 12.8 Å². The van der Waals surface area contributed by atoms with Crippen LogP contribution in [0.5, 0.6) is 0 Å². The summed E-state index contributed by atoms with van der Waals surface area (Å²) in [5, 5.41) is 7.42. The number of fused-ring (bicyclic) bond motifs is 1. The van der Waals surface area contributed by atoms with Gasteiger partial charge in [0.2, 0.25) is 0 Å². The maximum absolute atomic E-state index is 7.42.